The Bertz CT molecular complexity index is 1250. The minimum Gasteiger partial charge on any atom is -0.481 e. The Morgan fingerprint density at radius 3 is 2.10 bits per heavy atom. The number of carbonyl (C=O) groups is 1. The fraction of sp³-hybridized carbons (Fsp3) is 0.211. The number of aliphatic carboxylic acids is 1. The molecule has 0 radical (unpaired) electrons. The number of fused-ring (bicyclic) bond motifs is 5. The summed E-state index contributed by atoms with van der Waals surface area (Å²) in [5.74, 6) is -0.833. The van der Waals surface area contributed by atoms with Crippen molar-refractivity contribution in [2.75, 3.05) is 0 Å². The lowest BCUT2D eigenvalue weighted by Crippen LogP contribution is -2.15. The van der Waals surface area contributed by atoms with Crippen molar-refractivity contribution in [1.29, 1.82) is 0 Å². The number of aromatic nitrogens is 3. The monoisotopic (exact) mass is 421 g/mol. The molecule has 2 heterocycles. The first-order valence-electron chi connectivity index (χ1n) is 8.15. The lowest BCUT2D eigenvalue weighted by atomic mass is 10.2. The van der Waals surface area contributed by atoms with Crippen LogP contribution in [-0.2, 0) is 15.4 Å². The van der Waals surface area contributed by atoms with Crippen LogP contribution in [-0.4, -0.2) is 38.1 Å². The average Bonchev–Trinajstić information content (AvgIpc) is 3.03. The predicted octanol–water partition coefficient (Wildman–Crippen LogP) is 3.08. The van der Waals surface area contributed by atoms with Gasteiger partial charge < -0.3 is 10.1 Å². The van der Waals surface area contributed by atoms with E-state index in [0.717, 1.165) is 28.9 Å². The van der Waals surface area contributed by atoms with E-state index >= 15 is 0 Å². The van der Waals surface area contributed by atoms with Crippen molar-refractivity contribution in [2.24, 2.45) is 0 Å². The van der Waals surface area contributed by atoms with Crippen molar-refractivity contribution in [1.82, 2.24) is 14.4 Å². The number of carboxylic acid groups (broad SMARTS) is 1. The summed E-state index contributed by atoms with van der Waals surface area (Å²) < 4.78 is 27.0. The number of benzene rings is 2. The topological polar surface area (TPSA) is 139 Å². The number of hydrogen-bond donors (Lipinski definition) is 2. The molecule has 0 saturated carbocycles. The van der Waals surface area contributed by atoms with Crippen LogP contribution < -0.4 is 5.69 Å². The van der Waals surface area contributed by atoms with Gasteiger partial charge in [-0.15, -0.1) is 12.6 Å². The van der Waals surface area contributed by atoms with E-state index < -0.39 is 16.6 Å². The number of carboxylic acids is 1. The summed E-state index contributed by atoms with van der Waals surface area (Å²) in [5.41, 5.74) is 3.03. The maximum atomic E-state index is 12.1. The molecule has 0 saturated heterocycles. The van der Waals surface area contributed by atoms with E-state index in [1.165, 1.54) is 0 Å². The van der Waals surface area contributed by atoms with Crippen LogP contribution in [0.4, 0.5) is 0 Å². The largest absolute Gasteiger partial charge is 0.481 e. The number of aromatic amines is 1. The van der Waals surface area contributed by atoms with E-state index in [1.54, 1.807) is 4.40 Å². The van der Waals surface area contributed by atoms with Gasteiger partial charge in [0.15, 0.2) is 5.65 Å². The molecule has 4 aromatic rings. The van der Waals surface area contributed by atoms with Crippen LogP contribution in [0.15, 0.2) is 53.3 Å². The maximum absolute atomic E-state index is 12.1. The van der Waals surface area contributed by atoms with Crippen LogP contribution in [0.3, 0.4) is 0 Å². The van der Waals surface area contributed by atoms with E-state index in [0.29, 0.717) is 5.65 Å². The van der Waals surface area contributed by atoms with Gasteiger partial charge in [-0.2, -0.15) is 0 Å². The molecule has 2 N–H and O–H groups in total. The van der Waals surface area contributed by atoms with Gasteiger partial charge in [-0.25, -0.2) is 14.2 Å². The molecule has 4 rings (SSSR count). The molecule has 0 fully saturated rings. The number of H-pyrrole nitrogens is 1. The van der Waals surface area contributed by atoms with Crippen LogP contribution >= 0.6 is 0 Å². The van der Waals surface area contributed by atoms with E-state index in [2.05, 4.69) is 9.97 Å². The molecule has 0 aliphatic rings. The molecule has 0 aliphatic carbocycles. The molecule has 10 heteroatoms. The molecule has 29 heavy (non-hydrogen) atoms. The molecule has 0 unspecified atom stereocenters. The summed E-state index contributed by atoms with van der Waals surface area (Å²) in [6.45, 7) is 5.08. The molecular weight excluding hydrogens is 398 g/mol. The molecule has 9 nitrogen and oxygen atoms in total. The Morgan fingerprint density at radius 1 is 1.03 bits per heavy atom. The van der Waals surface area contributed by atoms with Crippen LogP contribution in [0.2, 0.25) is 0 Å². The van der Waals surface area contributed by atoms with Gasteiger partial charge in [-0.1, -0.05) is 45.5 Å². The van der Waals surface area contributed by atoms with Crippen LogP contribution in [0, 0.1) is 0 Å². The van der Waals surface area contributed by atoms with Gasteiger partial charge in [0.25, 0.3) is 5.97 Å². The molecule has 156 valence electrons. The fourth-order valence-electron chi connectivity index (χ4n) is 2.37. The third-order valence-corrected chi connectivity index (χ3v) is 3.17. The molecule has 0 bridgehead atoms. The third kappa shape index (κ3) is 6.85. The number of imidazole rings is 1. The minimum absolute atomic E-state index is 0. The molecular formula is C19H23N3O6S. The third-order valence-electron chi connectivity index (χ3n) is 3.17. The molecule has 0 aliphatic heterocycles. The highest BCUT2D eigenvalue weighted by Crippen LogP contribution is 2.20. The molecule has 2 aromatic carbocycles. The van der Waals surface area contributed by atoms with E-state index in [-0.39, 0.29) is 13.1 Å². The quantitative estimate of drug-likeness (QED) is 0.445. The zero-order valence-electron chi connectivity index (χ0n) is 15.4. The molecule has 2 aromatic heterocycles. The first-order valence-corrected chi connectivity index (χ1v) is 9.15. The number of rotatable bonds is 0. The highest BCUT2D eigenvalue weighted by molar-refractivity contribution is 7.59. The zero-order chi connectivity index (χ0) is 21.3. The van der Waals surface area contributed by atoms with Crippen LogP contribution in [0.1, 0.15) is 28.2 Å². The van der Waals surface area contributed by atoms with Crippen molar-refractivity contribution in [3.05, 3.63) is 59.0 Å². The number of para-hydroxylation sites is 3. The first kappa shape index (κ1) is 25.5. The second kappa shape index (κ2) is 12.0. The fourth-order valence-corrected chi connectivity index (χ4v) is 2.37. The van der Waals surface area contributed by atoms with E-state index in [4.69, 9.17) is 22.5 Å². The van der Waals surface area contributed by atoms with E-state index in [9.17, 15) is 4.79 Å². The summed E-state index contributed by atoms with van der Waals surface area (Å²) >= 11 is 0. The van der Waals surface area contributed by atoms with Gasteiger partial charge >= 0.3 is 16.3 Å². The van der Waals surface area contributed by atoms with Crippen molar-refractivity contribution in [3.63, 3.8) is 0 Å². The van der Waals surface area contributed by atoms with Gasteiger partial charge in [0.05, 0.1) is 16.6 Å². The summed E-state index contributed by atoms with van der Waals surface area (Å²) in [5, 5.41) is 8.37. The van der Waals surface area contributed by atoms with Gasteiger partial charge in [-0.05, 0) is 24.3 Å². The highest BCUT2D eigenvalue weighted by atomic mass is 32.2. The zero-order valence-corrected chi connectivity index (χ0v) is 16.2. The number of hydrogen-bond acceptors (Lipinski definition) is 6. The van der Waals surface area contributed by atoms with Crippen molar-refractivity contribution in [3.8, 4) is 0 Å². The van der Waals surface area contributed by atoms with Gasteiger partial charge in [0.1, 0.15) is 0 Å². The standard InChI is InChI=1S/C14H9N3O.C2H4O2.C2H6.CH4.O3S/c18-14-16-10-6-2-1-5-9(10)13-15-11-7-3-4-8-12(11)17(13)14;1-2(3)4;1-2;;1-4(2)3/h1-8H,(H,16,18);1H3,(H,3,4);1-2H3;1H4;. The van der Waals surface area contributed by atoms with Gasteiger partial charge in [0, 0.05) is 12.3 Å². The average molecular weight is 421 g/mol. The summed E-state index contributed by atoms with van der Waals surface area (Å²) in [4.78, 5) is 28.6. The lowest BCUT2D eigenvalue weighted by Gasteiger charge is -1.99. The van der Waals surface area contributed by atoms with E-state index in [1.807, 2.05) is 62.4 Å². The van der Waals surface area contributed by atoms with Gasteiger partial charge in [0.2, 0.25) is 0 Å². The Balaban J connectivity index is 0.000000612. The van der Waals surface area contributed by atoms with Crippen LogP contribution in [0.5, 0.6) is 0 Å². The molecule has 0 atom stereocenters. The van der Waals surface area contributed by atoms with Crippen molar-refractivity contribution >= 4 is 44.2 Å². The van der Waals surface area contributed by atoms with Crippen molar-refractivity contribution in [2.45, 2.75) is 28.2 Å². The first-order chi connectivity index (χ1) is 13.3. The van der Waals surface area contributed by atoms with Crippen molar-refractivity contribution < 1.29 is 22.5 Å². The summed E-state index contributed by atoms with van der Waals surface area (Å²) in [7, 11) is -3.11. The highest BCUT2D eigenvalue weighted by Gasteiger charge is 2.09. The Kier molecular flexibility index (Phi) is 10.6. The molecule has 0 amide bonds. The predicted molar refractivity (Wildman–Crippen MR) is 112 cm³/mol. The SMILES string of the molecule is C.CC.CC(=O)O.O=S(=O)=O.O=c1[nH]c2ccccc2c2nc3ccccc3n12. The minimum atomic E-state index is -3.11. The Morgan fingerprint density at radius 2 is 1.52 bits per heavy atom. The number of nitrogens with one attached hydrogen (secondary N) is 1. The Hall–Kier alpha value is -3.53. The molecule has 0 spiro atoms. The van der Waals surface area contributed by atoms with Gasteiger partial charge in [-0.3, -0.25) is 4.79 Å². The normalized spacial score (nSPS) is 9.07. The smallest absolute Gasteiger partial charge is 0.425 e. The van der Waals surface area contributed by atoms with Crippen LogP contribution in [0.25, 0.3) is 27.6 Å². The summed E-state index contributed by atoms with van der Waals surface area (Å²) in [6.07, 6.45) is 0. The lowest BCUT2D eigenvalue weighted by molar-refractivity contribution is -0.134. The maximum Gasteiger partial charge on any atom is 0.425 e. The second-order valence-corrected chi connectivity index (χ2v) is 5.37. The Labute approximate surface area is 168 Å². The number of nitrogens with zero attached hydrogens (tertiary/aromatic N) is 2. The summed E-state index contributed by atoms with van der Waals surface area (Å²) in [6, 6.07) is 15.3. The second-order valence-electron chi connectivity index (χ2n) is 4.96.